The van der Waals surface area contributed by atoms with Crippen molar-refractivity contribution in [3.05, 3.63) is 35.8 Å². The van der Waals surface area contributed by atoms with Crippen LogP contribution in [0.2, 0.25) is 0 Å². The van der Waals surface area contributed by atoms with E-state index in [1.165, 1.54) is 0 Å². The Morgan fingerprint density at radius 1 is 1.35 bits per heavy atom. The number of amides is 1. The summed E-state index contributed by atoms with van der Waals surface area (Å²) in [5.74, 6) is 1.75. The molecule has 0 radical (unpaired) electrons. The van der Waals surface area contributed by atoms with Crippen LogP contribution < -0.4 is 4.90 Å². The van der Waals surface area contributed by atoms with Gasteiger partial charge in [-0.15, -0.1) is 0 Å². The van der Waals surface area contributed by atoms with Crippen LogP contribution >= 0.6 is 0 Å². The SMILES string of the molecule is CN(C)c1nc(-c2cccnc2)nc2c1CCN(C(=O)C1CCOC1)C2. The van der Waals surface area contributed by atoms with E-state index in [1.54, 1.807) is 12.4 Å². The number of carbonyl (C=O) groups is 1. The van der Waals surface area contributed by atoms with Gasteiger partial charge in [0.2, 0.25) is 5.91 Å². The first kappa shape index (κ1) is 16.9. The van der Waals surface area contributed by atoms with Gasteiger partial charge in [0, 0.05) is 50.8 Å². The highest BCUT2D eigenvalue weighted by Gasteiger charge is 2.32. The first-order valence-corrected chi connectivity index (χ1v) is 8.97. The maximum atomic E-state index is 12.8. The standard InChI is InChI=1S/C19H23N5O2/c1-23(2)18-15-5-8-24(19(25)14-6-9-26-12-14)11-16(15)21-17(22-18)13-4-3-7-20-10-13/h3-4,7,10,14H,5-6,8-9,11-12H2,1-2H3. The third kappa shape index (κ3) is 3.14. The van der Waals surface area contributed by atoms with Crippen molar-refractivity contribution < 1.29 is 9.53 Å². The molecule has 1 atom stereocenters. The number of pyridine rings is 1. The van der Waals surface area contributed by atoms with Crippen LogP contribution in [0.5, 0.6) is 0 Å². The fourth-order valence-electron chi connectivity index (χ4n) is 3.58. The van der Waals surface area contributed by atoms with E-state index in [-0.39, 0.29) is 11.8 Å². The van der Waals surface area contributed by atoms with Crippen LogP contribution in [0.3, 0.4) is 0 Å². The number of rotatable bonds is 3. The van der Waals surface area contributed by atoms with Gasteiger partial charge in [0.1, 0.15) is 5.82 Å². The summed E-state index contributed by atoms with van der Waals surface area (Å²) in [5.41, 5.74) is 2.95. The number of carbonyl (C=O) groups excluding carboxylic acids is 1. The molecular formula is C19H23N5O2. The number of nitrogens with zero attached hydrogens (tertiary/aromatic N) is 5. The molecule has 2 aromatic heterocycles. The number of anilines is 1. The smallest absolute Gasteiger partial charge is 0.228 e. The largest absolute Gasteiger partial charge is 0.381 e. The van der Waals surface area contributed by atoms with Crippen LogP contribution in [-0.2, 0) is 22.5 Å². The fourth-order valence-corrected chi connectivity index (χ4v) is 3.58. The summed E-state index contributed by atoms with van der Waals surface area (Å²) >= 11 is 0. The molecule has 0 N–H and O–H groups in total. The van der Waals surface area contributed by atoms with E-state index >= 15 is 0 Å². The van der Waals surface area contributed by atoms with Crippen LogP contribution in [0.15, 0.2) is 24.5 Å². The van der Waals surface area contributed by atoms with Gasteiger partial charge in [-0.05, 0) is 25.0 Å². The molecule has 0 spiro atoms. The summed E-state index contributed by atoms with van der Waals surface area (Å²) in [6.07, 6.45) is 5.09. The molecule has 26 heavy (non-hydrogen) atoms. The van der Waals surface area contributed by atoms with E-state index in [9.17, 15) is 4.79 Å². The monoisotopic (exact) mass is 353 g/mol. The minimum absolute atomic E-state index is 0.00972. The zero-order valence-corrected chi connectivity index (χ0v) is 15.2. The highest BCUT2D eigenvalue weighted by Crippen LogP contribution is 2.29. The molecule has 0 aliphatic carbocycles. The molecule has 1 amide bonds. The zero-order chi connectivity index (χ0) is 18.1. The molecule has 7 nitrogen and oxygen atoms in total. The van der Waals surface area contributed by atoms with Gasteiger partial charge in [-0.25, -0.2) is 9.97 Å². The summed E-state index contributed by atoms with van der Waals surface area (Å²) in [7, 11) is 3.98. The van der Waals surface area contributed by atoms with E-state index in [0.717, 1.165) is 35.5 Å². The fraction of sp³-hybridized carbons (Fsp3) is 0.474. The van der Waals surface area contributed by atoms with E-state index in [4.69, 9.17) is 14.7 Å². The summed E-state index contributed by atoms with van der Waals surface area (Å²) in [6, 6.07) is 3.83. The van der Waals surface area contributed by atoms with Crippen LogP contribution in [-0.4, -0.2) is 59.6 Å². The Balaban J connectivity index is 1.68. The van der Waals surface area contributed by atoms with Gasteiger partial charge in [-0.2, -0.15) is 0 Å². The van der Waals surface area contributed by atoms with Crippen LogP contribution in [0.25, 0.3) is 11.4 Å². The lowest BCUT2D eigenvalue weighted by Gasteiger charge is -2.32. The number of ether oxygens (including phenoxy) is 1. The molecule has 136 valence electrons. The highest BCUT2D eigenvalue weighted by atomic mass is 16.5. The van der Waals surface area contributed by atoms with Gasteiger partial charge < -0.3 is 14.5 Å². The van der Waals surface area contributed by atoms with Crippen molar-refractivity contribution in [2.45, 2.75) is 19.4 Å². The molecule has 1 saturated heterocycles. The van der Waals surface area contributed by atoms with Crippen molar-refractivity contribution in [1.29, 1.82) is 0 Å². The Hall–Kier alpha value is -2.54. The Labute approximate surface area is 153 Å². The molecule has 4 heterocycles. The van der Waals surface area contributed by atoms with E-state index in [0.29, 0.717) is 32.1 Å². The molecule has 1 fully saturated rings. The zero-order valence-electron chi connectivity index (χ0n) is 15.2. The molecular weight excluding hydrogens is 330 g/mol. The molecule has 0 saturated carbocycles. The lowest BCUT2D eigenvalue weighted by Crippen LogP contribution is -2.41. The molecule has 0 bridgehead atoms. The maximum Gasteiger partial charge on any atom is 0.228 e. The Kier molecular flexibility index (Phi) is 4.55. The van der Waals surface area contributed by atoms with Crippen LogP contribution in [0, 0.1) is 5.92 Å². The molecule has 7 heteroatoms. The Morgan fingerprint density at radius 3 is 2.92 bits per heavy atom. The molecule has 2 aliphatic heterocycles. The second-order valence-corrected chi connectivity index (χ2v) is 7.00. The van der Waals surface area contributed by atoms with Crippen molar-refractivity contribution in [2.75, 3.05) is 38.8 Å². The van der Waals surface area contributed by atoms with Gasteiger partial charge >= 0.3 is 0 Å². The second kappa shape index (κ2) is 6.99. The van der Waals surface area contributed by atoms with Crippen molar-refractivity contribution in [1.82, 2.24) is 19.9 Å². The van der Waals surface area contributed by atoms with Gasteiger partial charge in [-0.3, -0.25) is 9.78 Å². The molecule has 1 unspecified atom stereocenters. The van der Waals surface area contributed by atoms with E-state index in [1.807, 2.05) is 36.0 Å². The topological polar surface area (TPSA) is 71.5 Å². The number of aromatic nitrogens is 3. The first-order valence-electron chi connectivity index (χ1n) is 8.97. The summed E-state index contributed by atoms with van der Waals surface area (Å²) in [6.45, 7) is 2.45. The van der Waals surface area contributed by atoms with Crippen molar-refractivity contribution >= 4 is 11.7 Å². The van der Waals surface area contributed by atoms with Gasteiger partial charge in [-0.1, -0.05) is 0 Å². The van der Waals surface area contributed by atoms with Crippen LogP contribution in [0.4, 0.5) is 5.82 Å². The minimum atomic E-state index is -0.00972. The van der Waals surface area contributed by atoms with Gasteiger partial charge in [0.05, 0.1) is 24.8 Å². The van der Waals surface area contributed by atoms with Crippen molar-refractivity contribution in [3.63, 3.8) is 0 Å². The van der Waals surface area contributed by atoms with Gasteiger partial charge in [0.15, 0.2) is 5.82 Å². The Bertz CT molecular complexity index is 803. The molecule has 2 aliphatic rings. The third-order valence-electron chi connectivity index (χ3n) is 4.98. The second-order valence-electron chi connectivity index (χ2n) is 7.00. The summed E-state index contributed by atoms with van der Waals surface area (Å²) in [5, 5.41) is 0. The van der Waals surface area contributed by atoms with Crippen molar-refractivity contribution in [2.24, 2.45) is 5.92 Å². The summed E-state index contributed by atoms with van der Waals surface area (Å²) < 4.78 is 5.38. The predicted molar refractivity (Wildman–Crippen MR) is 97.6 cm³/mol. The molecule has 4 rings (SSSR count). The predicted octanol–water partition coefficient (Wildman–Crippen LogP) is 1.53. The highest BCUT2D eigenvalue weighted by molar-refractivity contribution is 5.79. The maximum absolute atomic E-state index is 12.8. The average Bonchev–Trinajstić information content (AvgIpc) is 3.21. The third-order valence-corrected chi connectivity index (χ3v) is 4.98. The summed E-state index contributed by atoms with van der Waals surface area (Å²) in [4.78, 5) is 30.4. The lowest BCUT2D eigenvalue weighted by molar-refractivity contribution is -0.136. The molecule has 0 aromatic carbocycles. The molecule has 2 aromatic rings. The number of hydrogen-bond acceptors (Lipinski definition) is 6. The Morgan fingerprint density at radius 2 is 2.23 bits per heavy atom. The van der Waals surface area contributed by atoms with Gasteiger partial charge in [0.25, 0.3) is 0 Å². The van der Waals surface area contributed by atoms with Crippen LogP contribution in [0.1, 0.15) is 17.7 Å². The van der Waals surface area contributed by atoms with Crippen molar-refractivity contribution in [3.8, 4) is 11.4 Å². The normalized spacial score (nSPS) is 19.3. The minimum Gasteiger partial charge on any atom is -0.381 e. The average molecular weight is 353 g/mol. The van der Waals surface area contributed by atoms with E-state index < -0.39 is 0 Å². The number of fused-ring (bicyclic) bond motifs is 1. The number of hydrogen-bond donors (Lipinski definition) is 0. The lowest BCUT2D eigenvalue weighted by atomic mass is 10.0. The first-order chi connectivity index (χ1) is 12.6. The van der Waals surface area contributed by atoms with E-state index in [2.05, 4.69) is 4.98 Å². The quantitative estimate of drug-likeness (QED) is 0.833.